The fourth-order valence-corrected chi connectivity index (χ4v) is 0.621. The normalized spacial score (nSPS) is 9.47. The van der Waals surface area contributed by atoms with E-state index in [0.29, 0.717) is 12.2 Å². The van der Waals surface area contributed by atoms with Gasteiger partial charge in [0.15, 0.2) is 0 Å². The van der Waals surface area contributed by atoms with Crippen LogP contribution in [0.4, 0.5) is 0 Å². The SMILES string of the molecule is CCCNCCC.O=C(O)/C=C/C(=O)O. The molecule has 0 heterocycles. The minimum Gasteiger partial charge on any atom is -0.478 e. The molecule has 0 atom stereocenters. The molecule has 0 unspecified atom stereocenters. The van der Waals surface area contributed by atoms with Gasteiger partial charge >= 0.3 is 11.9 Å². The second kappa shape index (κ2) is 12.6. The molecule has 3 N–H and O–H groups in total. The zero-order valence-electron chi connectivity index (χ0n) is 9.19. The summed E-state index contributed by atoms with van der Waals surface area (Å²) in [6, 6.07) is 0. The van der Waals surface area contributed by atoms with Gasteiger partial charge in [-0.3, -0.25) is 0 Å². The molecule has 0 aromatic carbocycles. The first kappa shape index (κ1) is 16.1. The maximum Gasteiger partial charge on any atom is 0.328 e. The third kappa shape index (κ3) is 24.5. The lowest BCUT2D eigenvalue weighted by Crippen LogP contribution is -2.14. The van der Waals surface area contributed by atoms with Gasteiger partial charge in [0.05, 0.1) is 0 Å². The summed E-state index contributed by atoms with van der Waals surface area (Å²) in [5.41, 5.74) is 0. The summed E-state index contributed by atoms with van der Waals surface area (Å²) in [5, 5.41) is 18.9. The topological polar surface area (TPSA) is 86.6 Å². The quantitative estimate of drug-likeness (QED) is 0.458. The minimum atomic E-state index is -1.26. The van der Waals surface area contributed by atoms with Crippen LogP contribution in [0, 0.1) is 0 Å². The van der Waals surface area contributed by atoms with Gasteiger partial charge < -0.3 is 15.5 Å². The Labute approximate surface area is 89.8 Å². The van der Waals surface area contributed by atoms with Crippen molar-refractivity contribution in [2.24, 2.45) is 0 Å². The molecule has 0 aliphatic rings. The molecule has 88 valence electrons. The Morgan fingerprint density at radius 2 is 1.33 bits per heavy atom. The predicted molar refractivity (Wildman–Crippen MR) is 57.9 cm³/mol. The van der Waals surface area contributed by atoms with Crippen molar-refractivity contribution in [1.82, 2.24) is 5.32 Å². The van der Waals surface area contributed by atoms with Gasteiger partial charge in [-0.05, 0) is 25.9 Å². The lowest BCUT2D eigenvalue weighted by Gasteiger charge is -1.95. The summed E-state index contributed by atoms with van der Waals surface area (Å²) in [6.07, 6.45) is 3.62. The van der Waals surface area contributed by atoms with E-state index in [4.69, 9.17) is 10.2 Å². The van der Waals surface area contributed by atoms with Gasteiger partial charge in [0, 0.05) is 12.2 Å². The highest BCUT2D eigenvalue weighted by Crippen LogP contribution is 1.71. The number of rotatable bonds is 6. The average Bonchev–Trinajstić information content (AvgIpc) is 2.17. The number of aliphatic carboxylic acids is 2. The van der Waals surface area contributed by atoms with Gasteiger partial charge in [-0.2, -0.15) is 0 Å². The molecule has 0 aromatic rings. The minimum absolute atomic E-state index is 0.558. The van der Waals surface area contributed by atoms with E-state index in [1.807, 2.05) is 0 Å². The van der Waals surface area contributed by atoms with Crippen molar-refractivity contribution in [3.63, 3.8) is 0 Å². The highest BCUT2D eigenvalue weighted by Gasteiger charge is 1.88. The van der Waals surface area contributed by atoms with E-state index < -0.39 is 11.9 Å². The van der Waals surface area contributed by atoms with Crippen LogP contribution in [0.25, 0.3) is 0 Å². The monoisotopic (exact) mass is 217 g/mol. The molecule has 0 aromatic heterocycles. The largest absolute Gasteiger partial charge is 0.478 e. The molecular formula is C10H19NO4. The van der Waals surface area contributed by atoms with E-state index in [0.717, 1.165) is 0 Å². The first-order chi connectivity index (χ1) is 7.04. The van der Waals surface area contributed by atoms with Crippen LogP contribution < -0.4 is 5.32 Å². The molecule has 5 nitrogen and oxygen atoms in total. The summed E-state index contributed by atoms with van der Waals surface area (Å²) >= 11 is 0. The summed E-state index contributed by atoms with van der Waals surface area (Å²) in [5.74, 6) is -2.51. The Hall–Kier alpha value is -1.36. The molecule has 0 bridgehead atoms. The third-order valence-corrected chi connectivity index (χ3v) is 1.22. The summed E-state index contributed by atoms with van der Waals surface area (Å²) in [4.78, 5) is 19.1. The number of carboxylic acids is 2. The van der Waals surface area contributed by atoms with Gasteiger partial charge in [0.25, 0.3) is 0 Å². The van der Waals surface area contributed by atoms with E-state index in [1.165, 1.54) is 25.9 Å². The summed E-state index contributed by atoms with van der Waals surface area (Å²) < 4.78 is 0. The molecule has 0 aliphatic heterocycles. The van der Waals surface area contributed by atoms with Crippen molar-refractivity contribution in [1.29, 1.82) is 0 Å². The molecule has 0 aliphatic carbocycles. The van der Waals surface area contributed by atoms with Crippen LogP contribution in [0.5, 0.6) is 0 Å². The number of nitrogens with one attached hydrogen (secondary N) is 1. The van der Waals surface area contributed by atoms with Crippen LogP contribution >= 0.6 is 0 Å². The summed E-state index contributed by atoms with van der Waals surface area (Å²) in [6.45, 7) is 6.72. The summed E-state index contributed by atoms with van der Waals surface area (Å²) in [7, 11) is 0. The molecular weight excluding hydrogens is 198 g/mol. The zero-order valence-corrected chi connectivity index (χ0v) is 9.19. The van der Waals surface area contributed by atoms with Crippen molar-refractivity contribution >= 4 is 11.9 Å². The highest BCUT2D eigenvalue weighted by atomic mass is 16.4. The first-order valence-corrected chi connectivity index (χ1v) is 4.89. The van der Waals surface area contributed by atoms with Crippen LogP contribution in [-0.4, -0.2) is 35.2 Å². The second-order valence-electron chi connectivity index (χ2n) is 2.76. The fourth-order valence-electron chi connectivity index (χ4n) is 0.621. The smallest absolute Gasteiger partial charge is 0.328 e. The fraction of sp³-hybridized carbons (Fsp3) is 0.600. The van der Waals surface area contributed by atoms with Gasteiger partial charge in [-0.15, -0.1) is 0 Å². The molecule has 5 heteroatoms. The average molecular weight is 217 g/mol. The van der Waals surface area contributed by atoms with Gasteiger partial charge in [0.1, 0.15) is 0 Å². The van der Waals surface area contributed by atoms with E-state index in [-0.39, 0.29) is 0 Å². The van der Waals surface area contributed by atoms with Crippen molar-refractivity contribution in [2.45, 2.75) is 26.7 Å². The zero-order chi connectivity index (χ0) is 12.1. The third-order valence-electron chi connectivity index (χ3n) is 1.22. The molecule has 0 radical (unpaired) electrons. The van der Waals surface area contributed by atoms with Crippen molar-refractivity contribution in [3.8, 4) is 0 Å². The van der Waals surface area contributed by atoms with Crippen LogP contribution in [0.1, 0.15) is 26.7 Å². The van der Waals surface area contributed by atoms with Crippen molar-refractivity contribution in [2.75, 3.05) is 13.1 Å². The maximum atomic E-state index is 9.55. The van der Waals surface area contributed by atoms with Gasteiger partial charge in [-0.1, -0.05) is 13.8 Å². The first-order valence-electron chi connectivity index (χ1n) is 4.89. The van der Waals surface area contributed by atoms with Crippen LogP contribution in [0.3, 0.4) is 0 Å². The lowest BCUT2D eigenvalue weighted by molar-refractivity contribution is -0.134. The Morgan fingerprint density at radius 1 is 1.00 bits per heavy atom. The number of carbonyl (C=O) groups is 2. The predicted octanol–water partition coefficient (Wildman–Crippen LogP) is 1.11. The lowest BCUT2D eigenvalue weighted by atomic mass is 10.4. The van der Waals surface area contributed by atoms with Gasteiger partial charge in [-0.25, -0.2) is 9.59 Å². The molecule has 0 saturated carbocycles. The van der Waals surface area contributed by atoms with Crippen LogP contribution in [0.15, 0.2) is 12.2 Å². The number of carboxylic acid groups (broad SMARTS) is 2. The Bertz CT molecular complexity index is 182. The molecule has 0 rings (SSSR count). The van der Waals surface area contributed by atoms with Crippen LogP contribution in [0.2, 0.25) is 0 Å². The Kier molecular flexibility index (Phi) is 13.6. The number of hydrogen-bond donors (Lipinski definition) is 3. The molecule has 0 fully saturated rings. The molecule has 0 amide bonds. The van der Waals surface area contributed by atoms with Crippen molar-refractivity contribution < 1.29 is 19.8 Å². The maximum absolute atomic E-state index is 9.55. The Morgan fingerprint density at radius 3 is 1.53 bits per heavy atom. The van der Waals surface area contributed by atoms with E-state index >= 15 is 0 Å². The standard InChI is InChI=1S/C6H15N.C4H4O4/c1-3-5-7-6-4-2;5-3(6)1-2-4(7)8/h7H,3-6H2,1-2H3;1-2H,(H,5,6)(H,7,8)/b;2-1+. The van der Waals surface area contributed by atoms with E-state index in [9.17, 15) is 9.59 Å². The van der Waals surface area contributed by atoms with Crippen LogP contribution in [-0.2, 0) is 9.59 Å². The van der Waals surface area contributed by atoms with E-state index in [2.05, 4.69) is 19.2 Å². The molecule has 0 spiro atoms. The Balaban J connectivity index is 0. The molecule has 15 heavy (non-hydrogen) atoms. The number of hydrogen-bond acceptors (Lipinski definition) is 3. The van der Waals surface area contributed by atoms with E-state index in [1.54, 1.807) is 0 Å². The van der Waals surface area contributed by atoms with Gasteiger partial charge in [0.2, 0.25) is 0 Å². The second-order valence-corrected chi connectivity index (χ2v) is 2.76. The highest BCUT2D eigenvalue weighted by molar-refractivity contribution is 5.89. The molecule has 0 saturated heterocycles. The van der Waals surface area contributed by atoms with Crippen molar-refractivity contribution in [3.05, 3.63) is 12.2 Å².